The fraction of sp³-hybridized carbons (Fsp3) is 0.429. The SMILES string of the molecule is CCOC(=O)Nc1ccc(NC(=O)C2(N)CCC2)cc1. The molecular formula is C14H19N3O3. The molecule has 0 radical (unpaired) electrons. The summed E-state index contributed by atoms with van der Waals surface area (Å²) in [4.78, 5) is 23.2. The third-order valence-corrected chi connectivity index (χ3v) is 3.36. The van der Waals surface area contributed by atoms with Crippen molar-refractivity contribution in [1.29, 1.82) is 0 Å². The molecule has 0 aromatic heterocycles. The number of carbonyl (C=O) groups excluding carboxylic acids is 2. The molecule has 0 unspecified atom stereocenters. The highest BCUT2D eigenvalue weighted by atomic mass is 16.5. The van der Waals surface area contributed by atoms with Gasteiger partial charge < -0.3 is 15.8 Å². The lowest BCUT2D eigenvalue weighted by Crippen LogP contribution is -2.56. The van der Waals surface area contributed by atoms with E-state index in [0.29, 0.717) is 18.0 Å². The first kappa shape index (κ1) is 14.3. The predicted molar refractivity (Wildman–Crippen MR) is 76.5 cm³/mol. The molecule has 4 N–H and O–H groups in total. The van der Waals surface area contributed by atoms with E-state index < -0.39 is 11.6 Å². The number of ether oxygens (including phenoxy) is 1. The van der Waals surface area contributed by atoms with Crippen molar-refractivity contribution in [3.8, 4) is 0 Å². The second-order valence-electron chi connectivity index (χ2n) is 4.89. The summed E-state index contributed by atoms with van der Waals surface area (Å²) in [6.07, 6.45) is 1.94. The highest BCUT2D eigenvalue weighted by Gasteiger charge is 2.40. The Hall–Kier alpha value is -2.08. The second kappa shape index (κ2) is 5.92. The van der Waals surface area contributed by atoms with Crippen molar-refractivity contribution in [2.24, 2.45) is 5.73 Å². The quantitative estimate of drug-likeness (QED) is 0.785. The van der Waals surface area contributed by atoms with Crippen molar-refractivity contribution in [2.75, 3.05) is 17.2 Å². The molecule has 6 nitrogen and oxygen atoms in total. The zero-order valence-corrected chi connectivity index (χ0v) is 11.4. The summed E-state index contributed by atoms with van der Waals surface area (Å²) in [5.74, 6) is -0.158. The normalized spacial score (nSPS) is 15.9. The van der Waals surface area contributed by atoms with Gasteiger partial charge in [-0.1, -0.05) is 0 Å². The van der Waals surface area contributed by atoms with Gasteiger partial charge in [-0.05, 0) is 50.5 Å². The zero-order valence-electron chi connectivity index (χ0n) is 11.4. The molecule has 1 aromatic carbocycles. The van der Waals surface area contributed by atoms with E-state index in [4.69, 9.17) is 10.5 Å². The van der Waals surface area contributed by atoms with Crippen LogP contribution in [0.25, 0.3) is 0 Å². The number of amides is 2. The van der Waals surface area contributed by atoms with Crippen LogP contribution in [-0.4, -0.2) is 24.1 Å². The molecule has 1 aliphatic rings. The molecule has 6 heteroatoms. The lowest BCUT2D eigenvalue weighted by atomic mass is 9.77. The van der Waals surface area contributed by atoms with Crippen molar-refractivity contribution >= 4 is 23.4 Å². The van der Waals surface area contributed by atoms with Gasteiger partial charge in [0.25, 0.3) is 0 Å². The smallest absolute Gasteiger partial charge is 0.411 e. The Morgan fingerprint density at radius 1 is 1.20 bits per heavy atom. The molecule has 0 spiro atoms. The van der Waals surface area contributed by atoms with Crippen LogP contribution in [0.1, 0.15) is 26.2 Å². The van der Waals surface area contributed by atoms with Gasteiger partial charge in [0.2, 0.25) is 5.91 Å². The standard InChI is InChI=1S/C14H19N3O3/c1-2-20-13(19)17-11-6-4-10(5-7-11)16-12(18)14(15)8-3-9-14/h4-7H,2-3,8-9,15H2,1H3,(H,16,18)(H,17,19). The van der Waals surface area contributed by atoms with E-state index in [2.05, 4.69) is 10.6 Å². The van der Waals surface area contributed by atoms with E-state index in [1.165, 1.54) is 0 Å². The van der Waals surface area contributed by atoms with Crippen molar-refractivity contribution in [3.63, 3.8) is 0 Å². The average Bonchev–Trinajstić information content (AvgIpc) is 2.38. The van der Waals surface area contributed by atoms with Gasteiger partial charge >= 0.3 is 6.09 Å². The van der Waals surface area contributed by atoms with Crippen molar-refractivity contribution < 1.29 is 14.3 Å². The summed E-state index contributed by atoms with van der Waals surface area (Å²) in [6, 6.07) is 6.80. The topological polar surface area (TPSA) is 93.5 Å². The molecular weight excluding hydrogens is 258 g/mol. The highest BCUT2D eigenvalue weighted by molar-refractivity contribution is 5.98. The fourth-order valence-electron chi connectivity index (χ4n) is 1.96. The number of nitrogens with one attached hydrogen (secondary N) is 2. The predicted octanol–water partition coefficient (Wildman–Crippen LogP) is 2.07. The van der Waals surface area contributed by atoms with Crippen LogP contribution in [0.2, 0.25) is 0 Å². The molecule has 2 rings (SSSR count). The maximum absolute atomic E-state index is 11.9. The van der Waals surface area contributed by atoms with Gasteiger partial charge in [-0.2, -0.15) is 0 Å². The number of rotatable bonds is 4. The van der Waals surface area contributed by atoms with Gasteiger partial charge in [0.15, 0.2) is 0 Å². The fourth-order valence-corrected chi connectivity index (χ4v) is 1.96. The van der Waals surface area contributed by atoms with E-state index in [-0.39, 0.29) is 5.91 Å². The van der Waals surface area contributed by atoms with Gasteiger partial charge in [-0.15, -0.1) is 0 Å². The minimum absolute atomic E-state index is 0.158. The van der Waals surface area contributed by atoms with Crippen LogP contribution in [0.15, 0.2) is 24.3 Å². The number of hydrogen-bond donors (Lipinski definition) is 3. The first-order valence-corrected chi connectivity index (χ1v) is 6.68. The number of benzene rings is 1. The Kier molecular flexibility index (Phi) is 4.24. The van der Waals surface area contributed by atoms with E-state index in [1.807, 2.05) is 0 Å². The molecule has 1 aromatic rings. The Balaban J connectivity index is 1.91. The molecule has 0 heterocycles. The summed E-state index contributed by atoms with van der Waals surface area (Å²) in [6.45, 7) is 2.06. The number of carbonyl (C=O) groups is 2. The number of hydrogen-bond acceptors (Lipinski definition) is 4. The van der Waals surface area contributed by atoms with E-state index in [1.54, 1.807) is 31.2 Å². The van der Waals surface area contributed by atoms with Gasteiger partial charge in [0.05, 0.1) is 12.1 Å². The van der Waals surface area contributed by atoms with Crippen LogP contribution in [0.5, 0.6) is 0 Å². The molecule has 0 saturated heterocycles. The molecule has 1 saturated carbocycles. The van der Waals surface area contributed by atoms with E-state index in [9.17, 15) is 9.59 Å². The highest BCUT2D eigenvalue weighted by Crippen LogP contribution is 2.30. The molecule has 2 amide bonds. The number of anilines is 2. The largest absolute Gasteiger partial charge is 0.450 e. The van der Waals surface area contributed by atoms with Crippen LogP contribution >= 0.6 is 0 Å². The third kappa shape index (κ3) is 3.27. The summed E-state index contributed by atoms with van der Waals surface area (Å²) >= 11 is 0. The van der Waals surface area contributed by atoms with Crippen molar-refractivity contribution in [3.05, 3.63) is 24.3 Å². The Morgan fingerprint density at radius 3 is 2.20 bits per heavy atom. The average molecular weight is 277 g/mol. The van der Waals surface area contributed by atoms with Crippen molar-refractivity contribution in [2.45, 2.75) is 31.7 Å². The van der Waals surface area contributed by atoms with Crippen molar-refractivity contribution in [1.82, 2.24) is 0 Å². The van der Waals surface area contributed by atoms with Crippen LogP contribution in [-0.2, 0) is 9.53 Å². The molecule has 20 heavy (non-hydrogen) atoms. The monoisotopic (exact) mass is 277 g/mol. The molecule has 0 aliphatic heterocycles. The Labute approximate surface area is 117 Å². The van der Waals surface area contributed by atoms with E-state index >= 15 is 0 Å². The minimum Gasteiger partial charge on any atom is -0.450 e. The van der Waals surface area contributed by atoms with Crippen LogP contribution in [0.4, 0.5) is 16.2 Å². The Bertz CT molecular complexity index is 495. The van der Waals surface area contributed by atoms with Crippen LogP contribution in [0.3, 0.4) is 0 Å². The molecule has 1 fully saturated rings. The summed E-state index contributed by atoms with van der Waals surface area (Å²) in [7, 11) is 0. The summed E-state index contributed by atoms with van der Waals surface area (Å²) in [5.41, 5.74) is 6.48. The van der Waals surface area contributed by atoms with Crippen LogP contribution in [0, 0.1) is 0 Å². The summed E-state index contributed by atoms with van der Waals surface area (Å²) in [5, 5.41) is 5.36. The number of nitrogens with two attached hydrogens (primary N) is 1. The molecule has 0 bridgehead atoms. The molecule has 0 atom stereocenters. The van der Waals surface area contributed by atoms with Gasteiger partial charge in [0, 0.05) is 11.4 Å². The third-order valence-electron chi connectivity index (χ3n) is 3.36. The first-order valence-electron chi connectivity index (χ1n) is 6.68. The van der Waals surface area contributed by atoms with Crippen LogP contribution < -0.4 is 16.4 Å². The lowest BCUT2D eigenvalue weighted by molar-refractivity contribution is -0.123. The lowest BCUT2D eigenvalue weighted by Gasteiger charge is -2.36. The zero-order chi connectivity index (χ0) is 14.6. The Morgan fingerprint density at radius 2 is 1.75 bits per heavy atom. The van der Waals surface area contributed by atoms with Gasteiger partial charge in [-0.3, -0.25) is 10.1 Å². The summed E-state index contributed by atoms with van der Waals surface area (Å²) < 4.78 is 4.77. The molecule has 108 valence electrons. The van der Waals surface area contributed by atoms with Gasteiger partial charge in [0.1, 0.15) is 0 Å². The minimum atomic E-state index is -0.720. The van der Waals surface area contributed by atoms with Gasteiger partial charge in [-0.25, -0.2) is 4.79 Å². The first-order chi connectivity index (χ1) is 9.53. The maximum Gasteiger partial charge on any atom is 0.411 e. The van der Waals surface area contributed by atoms with E-state index in [0.717, 1.165) is 19.3 Å². The maximum atomic E-state index is 11.9. The second-order valence-corrected chi connectivity index (χ2v) is 4.89. The molecule has 1 aliphatic carbocycles.